The Morgan fingerprint density at radius 2 is 1.91 bits per heavy atom. The third-order valence-corrected chi connectivity index (χ3v) is 3.33. The summed E-state index contributed by atoms with van der Waals surface area (Å²) >= 11 is 0. The molecule has 0 saturated heterocycles. The number of rotatable bonds is 6. The van der Waals surface area contributed by atoms with Gasteiger partial charge in [0.25, 0.3) is 0 Å². The van der Waals surface area contributed by atoms with Gasteiger partial charge in [0, 0.05) is 28.7 Å². The predicted octanol–water partition coefficient (Wildman–Crippen LogP) is 0.778. The third kappa shape index (κ3) is 2.91. The van der Waals surface area contributed by atoms with Crippen LogP contribution in [-0.4, -0.2) is 38.5 Å². The average Bonchev–Trinajstić information content (AvgIpc) is 2.89. The zero-order chi connectivity index (χ0) is 16.3. The number of hydrogen-bond acceptors (Lipinski definition) is 5. The van der Waals surface area contributed by atoms with Gasteiger partial charge in [-0.1, -0.05) is 18.2 Å². The number of fused-ring (bicyclic) bond motifs is 1. The molecule has 1 aromatic carbocycles. The van der Waals surface area contributed by atoms with Gasteiger partial charge in [0.05, 0.1) is 6.42 Å². The van der Waals surface area contributed by atoms with Crippen LogP contribution >= 0.6 is 0 Å². The number of carbonyl (C=O) groups is 3. The minimum absolute atomic E-state index is 0.399. The standard InChI is InChI=1S/C14H12N2O6/c17-11(12(18)16-22)6-14(21,13(19)20)5-8-7-15-10-4-2-1-3-9(8)10/h1-4,7,15,21H,5-6H2,(H,19,20). The van der Waals surface area contributed by atoms with E-state index in [0.29, 0.717) is 10.9 Å². The number of nitrogens with zero attached hydrogens (tertiary/aromatic N) is 1. The minimum Gasteiger partial charge on any atom is -0.479 e. The molecule has 0 radical (unpaired) electrons. The first kappa shape index (κ1) is 15.5. The summed E-state index contributed by atoms with van der Waals surface area (Å²) < 4.78 is 0. The zero-order valence-corrected chi connectivity index (χ0v) is 11.3. The molecule has 1 aromatic heterocycles. The van der Waals surface area contributed by atoms with Crippen molar-refractivity contribution in [2.75, 3.05) is 0 Å². The maximum Gasteiger partial charge on any atom is 0.352 e. The van der Waals surface area contributed by atoms with E-state index in [1.54, 1.807) is 24.3 Å². The van der Waals surface area contributed by atoms with E-state index in [9.17, 15) is 29.5 Å². The first-order valence-corrected chi connectivity index (χ1v) is 6.28. The van der Waals surface area contributed by atoms with Crippen molar-refractivity contribution in [3.63, 3.8) is 0 Å². The first-order valence-electron chi connectivity index (χ1n) is 6.28. The number of para-hydroxylation sites is 1. The molecule has 0 aliphatic heterocycles. The smallest absolute Gasteiger partial charge is 0.352 e. The van der Waals surface area contributed by atoms with Gasteiger partial charge >= 0.3 is 11.9 Å². The number of H-pyrrole nitrogens is 1. The quantitative estimate of drug-likeness (QED) is 0.532. The highest BCUT2D eigenvalue weighted by Gasteiger charge is 2.40. The van der Waals surface area contributed by atoms with Crippen LogP contribution in [0.4, 0.5) is 0 Å². The lowest BCUT2D eigenvalue weighted by Crippen LogP contribution is -2.43. The maximum absolute atomic E-state index is 11.4. The Labute approximate surface area is 123 Å². The summed E-state index contributed by atoms with van der Waals surface area (Å²) in [6.45, 7) is 0. The molecule has 114 valence electrons. The monoisotopic (exact) mass is 304 g/mol. The van der Waals surface area contributed by atoms with Gasteiger partial charge in [-0.3, -0.25) is 9.59 Å². The highest BCUT2D eigenvalue weighted by Crippen LogP contribution is 2.25. The molecule has 1 unspecified atom stereocenters. The normalized spacial score (nSPS) is 13.5. The highest BCUT2D eigenvalue weighted by atomic mass is 16.4. The number of aromatic nitrogens is 1. The van der Waals surface area contributed by atoms with Crippen LogP contribution in [0.5, 0.6) is 0 Å². The fraction of sp³-hybridized carbons (Fsp3) is 0.214. The van der Waals surface area contributed by atoms with Crippen LogP contribution in [0.2, 0.25) is 0 Å². The molecule has 8 heteroatoms. The number of nitroso groups, excluding NO2 is 1. The summed E-state index contributed by atoms with van der Waals surface area (Å²) in [6.07, 6.45) is 0.0967. The second kappa shape index (κ2) is 5.86. The number of carboxylic acid groups (broad SMARTS) is 1. The Balaban J connectivity index is 2.32. The molecule has 1 atom stereocenters. The van der Waals surface area contributed by atoms with Gasteiger partial charge in [0.1, 0.15) is 0 Å². The van der Waals surface area contributed by atoms with Crippen LogP contribution in [-0.2, 0) is 20.8 Å². The number of carbonyl (C=O) groups excluding carboxylic acids is 2. The number of nitrogens with one attached hydrogen (secondary N) is 1. The number of hydrogen-bond donors (Lipinski definition) is 3. The summed E-state index contributed by atoms with van der Waals surface area (Å²) in [5.41, 5.74) is -1.29. The lowest BCUT2D eigenvalue weighted by molar-refractivity contribution is -0.161. The molecule has 1 heterocycles. The second-order valence-electron chi connectivity index (χ2n) is 4.87. The van der Waals surface area contributed by atoms with Crippen LogP contribution in [0, 0.1) is 4.91 Å². The Bertz CT molecular complexity index is 766. The molecule has 3 N–H and O–H groups in total. The molecule has 0 aliphatic rings. The fourth-order valence-corrected chi connectivity index (χ4v) is 2.20. The minimum atomic E-state index is -2.50. The van der Waals surface area contributed by atoms with E-state index in [1.807, 2.05) is 5.18 Å². The van der Waals surface area contributed by atoms with Crippen LogP contribution in [0.25, 0.3) is 10.9 Å². The van der Waals surface area contributed by atoms with E-state index in [1.165, 1.54) is 6.20 Å². The van der Waals surface area contributed by atoms with Crippen molar-refractivity contribution in [2.45, 2.75) is 18.4 Å². The molecular formula is C14H12N2O6. The van der Waals surface area contributed by atoms with Crippen molar-refractivity contribution >= 4 is 28.6 Å². The third-order valence-electron chi connectivity index (χ3n) is 3.33. The van der Waals surface area contributed by atoms with E-state index in [2.05, 4.69) is 4.98 Å². The van der Waals surface area contributed by atoms with Crippen LogP contribution in [0.15, 0.2) is 35.6 Å². The number of benzene rings is 1. The number of amides is 1. The van der Waals surface area contributed by atoms with Gasteiger partial charge in [-0.15, -0.1) is 4.91 Å². The number of aliphatic carboxylic acids is 1. The second-order valence-corrected chi connectivity index (χ2v) is 4.87. The van der Waals surface area contributed by atoms with Gasteiger partial charge < -0.3 is 15.2 Å². The van der Waals surface area contributed by atoms with Crippen LogP contribution in [0.3, 0.4) is 0 Å². The average molecular weight is 304 g/mol. The van der Waals surface area contributed by atoms with Gasteiger partial charge in [0.15, 0.2) is 5.60 Å². The number of carboxylic acids is 1. The summed E-state index contributed by atoms with van der Waals surface area (Å²) in [6, 6.07) is 7.02. The molecule has 0 fully saturated rings. The Morgan fingerprint density at radius 3 is 2.55 bits per heavy atom. The Hall–Kier alpha value is -2.87. The molecule has 8 nitrogen and oxygen atoms in total. The van der Waals surface area contributed by atoms with Crippen molar-refractivity contribution in [2.24, 2.45) is 5.18 Å². The summed E-state index contributed by atoms with van der Waals surface area (Å²) in [4.78, 5) is 46.5. The van der Waals surface area contributed by atoms with E-state index in [-0.39, 0.29) is 0 Å². The van der Waals surface area contributed by atoms with E-state index < -0.39 is 36.1 Å². The molecule has 0 spiro atoms. The lowest BCUT2D eigenvalue weighted by Gasteiger charge is -2.21. The predicted molar refractivity (Wildman–Crippen MR) is 75.0 cm³/mol. The molecule has 22 heavy (non-hydrogen) atoms. The molecule has 2 aromatic rings. The Morgan fingerprint density at radius 1 is 1.23 bits per heavy atom. The number of aliphatic hydroxyl groups is 1. The summed E-state index contributed by atoms with van der Waals surface area (Å²) in [7, 11) is 0. The molecular weight excluding hydrogens is 292 g/mol. The van der Waals surface area contributed by atoms with Crippen molar-refractivity contribution in [3.05, 3.63) is 40.9 Å². The van der Waals surface area contributed by atoms with Gasteiger partial charge in [-0.05, 0) is 11.6 Å². The topological polar surface area (TPSA) is 137 Å². The van der Waals surface area contributed by atoms with Gasteiger partial charge in [-0.2, -0.15) is 0 Å². The van der Waals surface area contributed by atoms with E-state index >= 15 is 0 Å². The van der Waals surface area contributed by atoms with Crippen molar-refractivity contribution in [1.82, 2.24) is 4.98 Å². The molecule has 2 rings (SSSR count). The van der Waals surface area contributed by atoms with Crippen molar-refractivity contribution < 1.29 is 24.6 Å². The van der Waals surface area contributed by atoms with E-state index in [0.717, 1.165) is 5.52 Å². The molecule has 1 amide bonds. The van der Waals surface area contributed by atoms with Gasteiger partial charge in [-0.25, -0.2) is 4.79 Å². The summed E-state index contributed by atoms with van der Waals surface area (Å²) in [5, 5.41) is 22.0. The fourth-order valence-electron chi connectivity index (χ4n) is 2.20. The molecule has 0 saturated carbocycles. The largest absolute Gasteiger partial charge is 0.479 e. The highest BCUT2D eigenvalue weighted by molar-refractivity contribution is 6.37. The maximum atomic E-state index is 11.4. The van der Waals surface area contributed by atoms with Crippen LogP contribution < -0.4 is 0 Å². The Kier molecular flexibility index (Phi) is 4.13. The lowest BCUT2D eigenvalue weighted by atomic mass is 9.89. The SMILES string of the molecule is O=NC(=O)C(=O)CC(O)(Cc1c[nH]c2ccccc12)C(=O)O. The molecule has 0 bridgehead atoms. The summed E-state index contributed by atoms with van der Waals surface area (Å²) in [5.74, 6) is -4.62. The number of ketones is 1. The van der Waals surface area contributed by atoms with E-state index in [4.69, 9.17) is 0 Å². The number of aromatic amines is 1. The molecule has 0 aliphatic carbocycles. The van der Waals surface area contributed by atoms with Crippen molar-refractivity contribution in [3.8, 4) is 0 Å². The first-order chi connectivity index (χ1) is 10.4. The number of Topliss-reactive ketones (excluding diaryl/α,β-unsaturated/α-hetero) is 1. The van der Waals surface area contributed by atoms with Gasteiger partial charge in [0.2, 0.25) is 5.78 Å². The van der Waals surface area contributed by atoms with Crippen LogP contribution in [0.1, 0.15) is 12.0 Å². The zero-order valence-electron chi connectivity index (χ0n) is 11.3. The van der Waals surface area contributed by atoms with Crippen molar-refractivity contribution in [1.29, 1.82) is 0 Å².